The van der Waals surface area contributed by atoms with E-state index < -0.39 is 11.9 Å². The van der Waals surface area contributed by atoms with Crippen LogP contribution in [-0.2, 0) is 0 Å². The normalized spacial score (nSPS) is 8.62. The third-order valence-electron chi connectivity index (χ3n) is 1.39. The molecule has 0 amide bonds. The van der Waals surface area contributed by atoms with Crippen molar-refractivity contribution in [3.63, 3.8) is 0 Å². The van der Waals surface area contributed by atoms with Gasteiger partial charge in [0.15, 0.2) is 0 Å². The van der Waals surface area contributed by atoms with E-state index in [2.05, 4.69) is 0 Å². The molecule has 0 bridgehead atoms. The Morgan fingerprint density at radius 2 is 1.23 bits per heavy atom. The summed E-state index contributed by atoms with van der Waals surface area (Å²) in [6.45, 7) is 0. The van der Waals surface area contributed by atoms with Crippen LogP contribution in [0.3, 0.4) is 0 Å². The van der Waals surface area contributed by atoms with Crippen LogP contribution in [0.25, 0.3) is 0 Å². The number of rotatable bonds is 2. The van der Waals surface area contributed by atoms with E-state index in [-0.39, 0.29) is 30.9 Å². The van der Waals surface area contributed by atoms with Crippen LogP contribution in [-0.4, -0.2) is 41.9 Å². The first-order chi connectivity index (χ1) is 5.63. The molecule has 2 N–H and O–H groups in total. The number of carboxylic acid groups (broad SMARTS) is 2. The van der Waals surface area contributed by atoms with Crippen molar-refractivity contribution >= 4 is 31.7 Å². The molecule has 0 saturated heterocycles. The van der Waals surface area contributed by atoms with E-state index in [1.807, 2.05) is 0 Å². The van der Waals surface area contributed by atoms with Crippen LogP contribution in [0.2, 0.25) is 0 Å². The van der Waals surface area contributed by atoms with Crippen molar-refractivity contribution in [1.82, 2.24) is 0 Å². The minimum atomic E-state index is -1.23. The summed E-state index contributed by atoms with van der Waals surface area (Å²) in [6.07, 6.45) is 0. The van der Waals surface area contributed by atoms with Gasteiger partial charge in [0, 0.05) is 19.8 Å². The third-order valence-corrected chi connectivity index (χ3v) is 1.39. The zero-order valence-electron chi connectivity index (χ0n) is 6.60. The maximum atomic E-state index is 10.5. The van der Waals surface area contributed by atoms with Crippen LogP contribution in [0.4, 0.5) is 0 Å². The van der Waals surface area contributed by atoms with Crippen molar-refractivity contribution in [3.05, 3.63) is 35.4 Å². The van der Waals surface area contributed by atoms with E-state index in [1.165, 1.54) is 24.3 Å². The SMILES string of the molecule is O=C(O)c1ccccc1C(=O)O.[Ga]. The van der Waals surface area contributed by atoms with Crippen LogP contribution < -0.4 is 0 Å². The molecule has 13 heavy (non-hydrogen) atoms. The summed E-state index contributed by atoms with van der Waals surface area (Å²) in [6, 6.07) is 5.48. The first-order valence-corrected chi connectivity index (χ1v) is 3.18. The van der Waals surface area contributed by atoms with Crippen molar-refractivity contribution in [2.45, 2.75) is 0 Å². The summed E-state index contributed by atoms with van der Waals surface area (Å²) in [5.74, 6) is -2.46. The second-order valence-corrected chi connectivity index (χ2v) is 2.16. The number of hydrogen-bond donors (Lipinski definition) is 2. The van der Waals surface area contributed by atoms with Crippen LogP contribution in [0, 0.1) is 0 Å². The minimum absolute atomic E-state index is 0. The van der Waals surface area contributed by atoms with Crippen LogP contribution in [0.1, 0.15) is 20.7 Å². The zero-order chi connectivity index (χ0) is 9.14. The van der Waals surface area contributed by atoms with Crippen LogP contribution >= 0.6 is 0 Å². The molecule has 1 aromatic rings. The van der Waals surface area contributed by atoms with E-state index in [4.69, 9.17) is 10.2 Å². The molecule has 0 saturated carbocycles. The Hall–Kier alpha value is -1.20. The maximum Gasteiger partial charge on any atom is 0.336 e. The average Bonchev–Trinajstić information content (AvgIpc) is 2.04. The Morgan fingerprint density at radius 3 is 1.46 bits per heavy atom. The Kier molecular flexibility index (Phi) is 4.29. The Bertz CT molecular complexity index is 302. The summed E-state index contributed by atoms with van der Waals surface area (Å²) in [4.78, 5) is 20.9. The van der Waals surface area contributed by atoms with Crippen molar-refractivity contribution in [2.75, 3.05) is 0 Å². The fourth-order valence-electron chi connectivity index (χ4n) is 0.856. The molecule has 0 spiro atoms. The van der Waals surface area contributed by atoms with Gasteiger partial charge in [-0.3, -0.25) is 0 Å². The molecule has 0 atom stereocenters. The van der Waals surface area contributed by atoms with Gasteiger partial charge in [-0.25, -0.2) is 9.59 Å². The van der Waals surface area contributed by atoms with Crippen LogP contribution in [0.5, 0.6) is 0 Å². The topological polar surface area (TPSA) is 74.6 Å². The van der Waals surface area contributed by atoms with Gasteiger partial charge in [0.05, 0.1) is 11.1 Å². The molecule has 65 valence electrons. The smallest absolute Gasteiger partial charge is 0.336 e. The van der Waals surface area contributed by atoms with Crippen molar-refractivity contribution in [1.29, 1.82) is 0 Å². The van der Waals surface area contributed by atoms with Gasteiger partial charge in [0.25, 0.3) is 0 Å². The fourth-order valence-corrected chi connectivity index (χ4v) is 0.856. The average molecular weight is 236 g/mol. The van der Waals surface area contributed by atoms with Gasteiger partial charge < -0.3 is 10.2 Å². The van der Waals surface area contributed by atoms with Crippen molar-refractivity contribution in [2.24, 2.45) is 0 Å². The summed E-state index contributed by atoms with van der Waals surface area (Å²) in [5.41, 5.74) is -0.380. The van der Waals surface area contributed by atoms with Gasteiger partial charge in [0.1, 0.15) is 0 Å². The Balaban J connectivity index is 0.00000144. The summed E-state index contributed by atoms with van der Waals surface area (Å²) < 4.78 is 0. The number of carboxylic acids is 2. The first-order valence-electron chi connectivity index (χ1n) is 3.18. The molecule has 0 aromatic heterocycles. The van der Waals surface area contributed by atoms with Gasteiger partial charge in [-0.1, -0.05) is 12.1 Å². The number of carbonyl (C=O) groups is 2. The molecule has 0 aliphatic rings. The van der Waals surface area contributed by atoms with E-state index in [0.717, 1.165) is 0 Å². The largest absolute Gasteiger partial charge is 0.478 e. The summed E-state index contributed by atoms with van der Waals surface area (Å²) in [5, 5.41) is 17.1. The number of hydrogen-bond acceptors (Lipinski definition) is 2. The van der Waals surface area contributed by atoms with Gasteiger partial charge in [-0.15, -0.1) is 0 Å². The van der Waals surface area contributed by atoms with E-state index >= 15 is 0 Å². The molecule has 1 aromatic carbocycles. The molecular weight excluding hydrogens is 230 g/mol. The molecule has 3 radical (unpaired) electrons. The molecule has 0 aliphatic heterocycles. The predicted molar refractivity (Wildman–Crippen MR) is 46.1 cm³/mol. The first kappa shape index (κ1) is 11.8. The standard InChI is InChI=1S/C8H6O4.Ga/c9-7(10)5-3-1-2-4-6(5)8(11)12;/h1-4H,(H,9,10)(H,11,12);. The predicted octanol–water partition coefficient (Wildman–Crippen LogP) is 0.702. The monoisotopic (exact) mass is 235 g/mol. The molecule has 0 heterocycles. The second-order valence-electron chi connectivity index (χ2n) is 2.16. The Morgan fingerprint density at radius 1 is 0.923 bits per heavy atom. The van der Waals surface area contributed by atoms with Crippen LogP contribution in [0.15, 0.2) is 24.3 Å². The third kappa shape index (κ3) is 2.64. The quantitative estimate of drug-likeness (QED) is 0.741. The van der Waals surface area contributed by atoms with Crippen molar-refractivity contribution < 1.29 is 19.8 Å². The molecule has 5 heteroatoms. The molecular formula is C8H6GaO4. The summed E-state index contributed by atoms with van der Waals surface area (Å²) in [7, 11) is 0. The van der Waals surface area contributed by atoms with Gasteiger partial charge in [0.2, 0.25) is 0 Å². The Labute approximate surface area is 87.3 Å². The fraction of sp³-hybridized carbons (Fsp3) is 0. The molecule has 4 nitrogen and oxygen atoms in total. The summed E-state index contributed by atoms with van der Waals surface area (Å²) >= 11 is 0. The zero-order valence-corrected chi connectivity index (χ0v) is 9.02. The van der Waals surface area contributed by atoms with Gasteiger partial charge >= 0.3 is 11.9 Å². The van der Waals surface area contributed by atoms with Gasteiger partial charge in [-0.2, -0.15) is 0 Å². The van der Waals surface area contributed by atoms with E-state index in [9.17, 15) is 9.59 Å². The van der Waals surface area contributed by atoms with Crippen molar-refractivity contribution in [3.8, 4) is 0 Å². The molecule has 0 unspecified atom stereocenters. The molecule has 0 aliphatic carbocycles. The second kappa shape index (κ2) is 4.73. The van der Waals surface area contributed by atoms with Gasteiger partial charge in [-0.05, 0) is 12.1 Å². The maximum absolute atomic E-state index is 10.5. The van der Waals surface area contributed by atoms with E-state index in [0.29, 0.717) is 0 Å². The van der Waals surface area contributed by atoms with E-state index in [1.54, 1.807) is 0 Å². The molecule has 1 rings (SSSR count). The number of aromatic carboxylic acids is 2. The molecule has 0 fully saturated rings. The number of benzene rings is 1. The minimum Gasteiger partial charge on any atom is -0.478 e.